The van der Waals surface area contributed by atoms with E-state index in [1.165, 1.54) is 0 Å². The van der Waals surface area contributed by atoms with E-state index >= 15 is 0 Å². The van der Waals surface area contributed by atoms with Crippen molar-refractivity contribution in [3.05, 3.63) is 134 Å². The maximum Gasteiger partial charge on any atom is 0.164 e. The Morgan fingerprint density at radius 1 is 0.450 bits per heavy atom. The van der Waals surface area contributed by atoms with E-state index in [1.54, 1.807) is 0 Å². The van der Waals surface area contributed by atoms with Crippen LogP contribution in [0.4, 0.5) is 0 Å². The van der Waals surface area contributed by atoms with Crippen molar-refractivity contribution < 1.29 is 0 Å². The fourth-order valence-electron chi connectivity index (χ4n) is 5.32. The van der Waals surface area contributed by atoms with Crippen LogP contribution in [0.1, 0.15) is 0 Å². The summed E-state index contributed by atoms with van der Waals surface area (Å²) in [6, 6.07) is 43.0. The van der Waals surface area contributed by atoms with Gasteiger partial charge in [0.15, 0.2) is 23.1 Å². The first-order valence-corrected chi connectivity index (χ1v) is 13.2. The van der Waals surface area contributed by atoms with E-state index in [9.17, 15) is 0 Å². The third-order valence-electron chi connectivity index (χ3n) is 7.20. The number of pyridine rings is 1. The van der Waals surface area contributed by atoms with Crippen LogP contribution in [-0.4, -0.2) is 28.9 Å². The summed E-state index contributed by atoms with van der Waals surface area (Å²) in [6.45, 7) is 0. The van der Waals surface area contributed by atoms with Crippen molar-refractivity contribution in [2.75, 3.05) is 0 Å². The van der Waals surface area contributed by atoms with E-state index in [-0.39, 0.29) is 0 Å². The molecule has 0 amide bonds. The molecule has 0 atom stereocenters. The maximum atomic E-state index is 4.95. The van der Waals surface area contributed by atoms with Gasteiger partial charge in [0.25, 0.3) is 0 Å². The van der Waals surface area contributed by atoms with Crippen molar-refractivity contribution in [2.24, 2.45) is 0 Å². The normalized spacial score (nSPS) is 11.5. The van der Waals surface area contributed by atoms with Crippen molar-refractivity contribution in [3.8, 4) is 39.9 Å². The van der Waals surface area contributed by atoms with E-state index in [1.807, 2.05) is 78.9 Å². The van der Waals surface area contributed by atoms with Crippen LogP contribution in [0.3, 0.4) is 0 Å². The Morgan fingerprint density at radius 3 is 1.65 bits per heavy atom. The third kappa shape index (κ3) is 3.58. The molecule has 4 aromatic heterocycles. The first-order valence-electron chi connectivity index (χ1n) is 13.2. The van der Waals surface area contributed by atoms with E-state index in [2.05, 4.69) is 63.7 Å². The average molecular weight is 515 g/mol. The number of aromatic nitrogens is 6. The highest BCUT2D eigenvalue weighted by Gasteiger charge is 2.18. The molecule has 0 spiro atoms. The molecule has 40 heavy (non-hydrogen) atoms. The second-order valence-corrected chi connectivity index (χ2v) is 9.65. The van der Waals surface area contributed by atoms with Gasteiger partial charge in [-0.3, -0.25) is 8.97 Å². The van der Waals surface area contributed by atoms with Crippen LogP contribution >= 0.6 is 0 Å². The highest BCUT2D eigenvalue weighted by molar-refractivity contribution is 6.07. The van der Waals surface area contributed by atoms with Gasteiger partial charge < -0.3 is 0 Å². The molecule has 0 saturated carbocycles. The molecule has 8 rings (SSSR count). The van der Waals surface area contributed by atoms with E-state index in [0.717, 1.165) is 50.1 Å². The summed E-state index contributed by atoms with van der Waals surface area (Å²) in [4.78, 5) is 19.5. The number of imidazole rings is 1. The van der Waals surface area contributed by atoms with Crippen LogP contribution < -0.4 is 0 Å². The van der Waals surface area contributed by atoms with Crippen LogP contribution in [0, 0.1) is 0 Å². The second kappa shape index (κ2) is 8.99. The zero-order valence-electron chi connectivity index (χ0n) is 21.4. The van der Waals surface area contributed by atoms with Gasteiger partial charge in [0.2, 0.25) is 0 Å². The summed E-state index contributed by atoms with van der Waals surface area (Å²) >= 11 is 0. The summed E-state index contributed by atoms with van der Waals surface area (Å²) in [5, 5.41) is 1.13. The van der Waals surface area contributed by atoms with E-state index in [4.69, 9.17) is 19.9 Å². The van der Waals surface area contributed by atoms with Gasteiger partial charge in [-0.2, -0.15) is 0 Å². The molecule has 0 radical (unpaired) electrons. The zero-order valence-corrected chi connectivity index (χ0v) is 21.4. The fourth-order valence-corrected chi connectivity index (χ4v) is 5.32. The lowest BCUT2D eigenvalue weighted by molar-refractivity contribution is 1.07. The smallest absolute Gasteiger partial charge is 0.164 e. The second-order valence-electron chi connectivity index (χ2n) is 9.65. The molecule has 0 aliphatic rings. The minimum absolute atomic E-state index is 0.636. The minimum atomic E-state index is 0.636. The number of hydrogen-bond acceptors (Lipinski definition) is 4. The number of hydrogen-bond donors (Lipinski definition) is 0. The van der Waals surface area contributed by atoms with Crippen molar-refractivity contribution in [1.29, 1.82) is 0 Å². The van der Waals surface area contributed by atoms with Gasteiger partial charge in [-0.1, -0.05) is 84.9 Å². The molecule has 0 saturated heterocycles. The SMILES string of the molecule is c1ccc(-c2nc(-c3ccccc3)nc(-c3ccc(-n4c5ccccc5c5nc6ccccn6c54)cc3)n2)cc1. The predicted octanol–water partition coefficient (Wildman–Crippen LogP) is 7.62. The standard InChI is InChI=1S/C34H22N6/c1-3-11-23(12-4-1)31-36-32(24-13-5-2-6-14-24)38-33(37-31)25-18-20-26(21-19-25)40-28-16-8-7-15-27(28)30-34(40)39-22-10-9-17-29(39)35-30/h1-22H. The van der Waals surface area contributed by atoms with Gasteiger partial charge in [-0.15, -0.1) is 0 Å². The zero-order chi connectivity index (χ0) is 26.5. The van der Waals surface area contributed by atoms with E-state index in [0.29, 0.717) is 17.5 Å². The number of fused-ring (bicyclic) bond motifs is 5. The molecule has 188 valence electrons. The Kier molecular flexibility index (Phi) is 5.03. The van der Waals surface area contributed by atoms with Crippen LogP contribution in [0.25, 0.3) is 67.6 Å². The Hall–Kier alpha value is -5.62. The molecule has 8 aromatic rings. The number of nitrogens with zero attached hydrogens (tertiary/aromatic N) is 6. The van der Waals surface area contributed by atoms with Crippen molar-refractivity contribution in [2.45, 2.75) is 0 Å². The summed E-state index contributed by atoms with van der Waals surface area (Å²) in [5.41, 5.74) is 7.94. The first-order chi connectivity index (χ1) is 19.8. The van der Waals surface area contributed by atoms with E-state index < -0.39 is 0 Å². The molecule has 0 bridgehead atoms. The maximum absolute atomic E-state index is 4.95. The molecule has 0 N–H and O–H groups in total. The largest absolute Gasteiger partial charge is 0.294 e. The fraction of sp³-hybridized carbons (Fsp3) is 0. The number of rotatable bonds is 4. The minimum Gasteiger partial charge on any atom is -0.294 e. The third-order valence-corrected chi connectivity index (χ3v) is 7.20. The monoisotopic (exact) mass is 514 g/mol. The Balaban J connectivity index is 1.29. The molecule has 0 aliphatic heterocycles. The summed E-state index contributed by atoms with van der Waals surface area (Å²) in [5.74, 6) is 1.94. The van der Waals surface area contributed by atoms with Crippen LogP contribution in [0.5, 0.6) is 0 Å². The molecule has 4 aromatic carbocycles. The Labute approximate surface area is 229 Å². The molecule has 6 heteroatoms. The molecule has 4 heterocycles. The molecular weight excluding hydrogens is 492 g/mol. The van der Waals surface area contributed by atoms with Gasteiger partial charge in [-0.25, -0.2) is 19.9 Å². The average Bonchev–Trinajstić information content (AvgIpc) is 3.57. The van der Waals surface area contributed by atoms with Crippen molar-refractivity contribution >= 4 is 27.7 Å². The lowest BCUT2D eigenvalue weighted by atomic mass is 10.1. The van der Waals surface area contributed by atoms with Crippen LogP contribution in [0.2, 0.25) is 0 Å². The topological polar surface area (TPSA) is 60.9 Å². The quantitative estimate of drug-likeness (QED) is 0.242. The van der Waals surface area contributed by atoms with Gasteiger partial charge in [-0.05, 0) is 42.5 Å². The lowest BCUT2D eigenvalue weighted by Crippen LogP contribution is -2.01. The Morgan fingerprint density at radius 2 is 1.00 bits per heavy atom. The summed E-state index contributed by atoms with van der Waals surface area (Å²) < 4.78 is 4.42. The van der Waals surface area contributed by atoms with Crippen LogP contribution in [0.15, 0.2) is 134 Å². The van der Waals surface area contributed by atoms with Gasteiger partial charge >= 0.3 is 0 Å². The van der Waals surface area contributed by atoms with Crippen LogP contribution in [-0.2, 0) is 0 Å². The molecule has 0 fully saturated rings. The van der Waals surface area contributed by atoms with Crippen molar-refractivity contribution in [3.63, 3.8) is 0 Å². The number of benzene rings is 4. The van der Waals surface area contributed by atoms with Gasteiger partial charge in [0, 0.05) is 34.0 Å². The lowest BCUT2D eigenvalue weighted by Gasteiger charge is -2.11. The highest BCUT2D eigenvalue weighted by Crippen LogP contribution is 2.33. The number of para-hydroxylation sites is 1. The van der Waals surface area contributed by atoms with Gasteiger partial charge in [0.05, 0.1) is 5.52 Å². The molecule has 0 aliphatic carbocycles. The molecule has 6 nitrogen and oxygen atoms in total. The van der Waals surface area contributed by atoms with Gasteiger partial charge in [0.1, 0.15) is 11.2 Å². The predicted molar refractivity (Wildman–Crippen MR) is 159 cm³/mol. The highest BCUT2D eigenvalue weighted by atomic mass is 15.1. The molecular formula is C34H22N6. The van der Waals surface area contributed by atoms with Crippen molar-refractivity contribution in [1.82, 2.24) is 28.9 Å². The summed E-state index contributed by atoms with van der Waals surface area (Å²) in [6.07, 6.45) is 2.06. The summed E-state index contributed by atoms with van der Waals surface area (Å²) in [7, 11) is 0. The Bertz CT molecular complexity index is 2080. The molecule has 0 unspecified atom stereocenters. The first kappa shape index (κ1) is 22.4.